The molecule has 0 saturated heterocycles. The van der Waals surface area contributed by atoms with Crippen LogP contribution in [-0.4, -0.2) is 44.0 Å². The van der Waals surface area contributed by atoms with Gasteiger partial charge in [-0.3, -0.25) is 9.59 Å². The molecule has 162 valence electrons. The first-order valence-electron chi connectivity index (χ1n) is 9.63. The molecule has 0 aliphatic rings. The van der Waals surface area contributed by atoms with Crippen molar-refractivity contribution in [3.8, 4) is 11.5 Å². The van der Waals surface area contributed by atoms with Crippen LogP contribution in [0.25, 0.3) is 11.0 Å². The molecule has 0 fully saturated rings. The van der Waals surface area contributed by atoms with Gasteiger partial charge in [0.2, 0.25) is 5.91 Å². The van der Waals surface area contributed by atoms with Crippen LogP contribution in [0.3, 0.4) is 0 Å². The number of hydrogen-bond acceptors (Lipinski definition) is 6. The first kappa shape index (κ1) is 21.9. The molecular weight excluding hydrogens is 400 g/mol. The minimum Gasteiger partial charge on any atom is -0.497 e. The Balaban J connectivity index is 1.60. The Bertz CT molecular complexity index is 1180. The first-order valence-corrected chi connectivity index (χ1v) is 9.63. The van der Waals surface area contributed by atoms with Crippen molar-refractivity contribution in [1.29, 1.82) is 0 Å². The highest BCUT2D eigenvalue weighted by Gasteiger charge is 2.16. The van der Waals surface area contributed by atoms with E-state index in [4.69, 9.17) is 13.9 Å². The van der Waals surface area contributed by atoms with E-state index in [0.717, 1.165) is 10.9 Å². The molecule has 3 aromatic rings. The molecule has 0 atom stereocenters. The zero-order chi connectivity index (χ0) is 22.5. The molecule has 1 aromatic heterocycles. The molecule has 0 aliphatic heterocycles. The molecule has 2 aromatic carbocycles. The van der Waals surface area contributed by atoms with E-state index in [1.54, 1.807) is 50.4 Å². The van der Waals surface area contributed by atoms with Crippen molar-refractivity contribution in [1.82, 2.24) is 4.90 Å². The van der Waals surface area contributed by atoms with Crippen LogP contribution in [0.4, 0.5) is 5.69 Å². The van der Waals surface area contributed by atoms with Gasteiger partial charge >= 0.3 is 5.63 Å². The normalized spacial score (nSPS) is 10.6. The Hall–Kier alpha value is -3.81. The predicted octanol–water partition coefficient (Wildman–Crippen LogP) is 2.89. The lowest BCUT2D eigenvalue weighted by Crippen LogP contribution is -2.37. The smallest absolute Gasteiger partial charge is 0.336 e. The fraction of sp³-hybridized carbons (Fsp3) is 0.261. The van der Waals surface area contributed by atoms with Gasteiger partial charge in [-0.25, -0.2) is 4.79 Å². The third kappa shape index (κ3) is 5.22. The molecule has 1 heterocycles. The first-order chi connectivity index (χ1) is 14.8. The highest BCUT2D eigenvalue weighted by molar-refractivity contribution is 5.94. The number of carbonyl (C=O) groups is 2. The number of likely N-dealkylation sites (N-methyl/N-ethyl adjacent to an activating group) is 1. The molecule has 0 unspecified atom stereocenters. The zero-order valence-electron chi connectivity index (χ0n) is 17.9. The number of aryl methyl sites for hydroxylation is 2. The largest absolute Gasteiger partial charge is 0.497 e. The summed E-state index contributed by atoms with van der Waals surface area (Å²) in [4.78, 5) is 37.6. The summed E-state index contributed by atoms with van der Waals surface area (Å²) in [5.41, 5.74) is 2.00. The highest BCUT2D eigenvalue weighted by atomic mass is 16.5. The van der Waals surface area contributed by atoms with Crippen LogP contribution < -0.4 is 20.4 Å². The van der Waals surface area contributed by atoms with E-state index in [2.05, 4.69) is 5.32 Å². The Morgan fingerprint density at radius 3 is 2.65 bits per heavy atom. The number of rotatable bonds is 7. The summed E-state index contributed by atoms with van der Waals surface area (Å²) in [5.74, 6) is 0.338. The second-order valence-electron chi connectivity index (χ2n) is 7.13. The van der Waals surface area contributed by atoms with Crippen molar-refractivity contribution in [3.63, 3.8) is 0 Å². The molecule has 8 heteroatoms. The molecule has 31 heavy (non-hydrogen) atoms. The minimum atomic E-state index is -0.442. The summed E-state index contributed by atoms with van der Waals surface area (Å²) in [6.07, 6.45) is 0. The van der Waals surface area contributed by atoms with Crippen LogP contribution in [0.1, 0.15) is 11.1 Å². The van der Waals surface area contributed by atoms with E-state index in [-0.39, 0.29) is 25.0 Å². The number of benzene rings is 2. The molecule has 0 bridgehead atoms. The van der Waals surface area contributed by atoms with Gasteiger partial charge in [0.25, 0.3) is 5.91 Å². The van der Waals surface area contributed by atoms with Gasteiger partial charge in [0.05, 0.1) is 13.7 Å². The average molecular weight is 424 g/mol. The van der Waals surface area contributed by atoms with Crippen molar-refractivity contribution in [3.05, 3.63) is 64.0 Å². The quantitative estimate of drug-likeness (QED) is 0.586. The monoisotopic (exact) mass is 424 g/mol. The summed E-state index contributed by atoms with van der Waals surface area (Å²) in [6.45, 7) is 3.19. The van der Waals surface area contributed by atoms with Gasteiger partial charge in [-0.05, 0) is 43.7 Å². The number of amides is 2. The van der Waals surface area contributed by atoms with E-state index in [1.807, 2.05) is 6.92 Å². The average Bonchev–Trinajstić information content (AvgIpc) is 2.73. The lowest BCUT2D eigenvalue weighted by Gasteiger charge is -2.18. The molecule has 0 saturated carbocycles. The van der Waals surface area contributed by atoms with E-state index < -0.39 is 5.63 Å². The van der Waals surface area contributed by atoms with E-state index in [1.165, 1.54) is 18.0 Å². The maximum Gasteiger partial charge on any atom is 0.336 e. The number of anilines is 1. The SMILES string of the molecule is COc1cccc(NC(=O)CN(C)C(=O)COc2ccc3c(C)cc(=O)oc3c2C)c1. The number of hydrogen-bond donors (Lipinski definition) is 1. The predicted molar refractivity (Wildman–Crippen MR) is 117 cm³/mol. The number of carbonyl (C=O) groups excluding carboxylic acids is 2. The van der Waals surface area contributed by atoms with Crippen LogP contribution in [0, 0.1) is 13.8 Å². The maximum absolute atomic E-state index is 12.4. The third-order valence-electron chi connectivity index (χ3n) is 4.83. The molecule has 2 amide bonds. The third-order valence-corrected chi connectivity index (χ3v) is 4.83. The molecule has 1 N–H and O–H groups in total. The van der Waals surface area contributed by atoms with Gasteiger partial charge in [0.15, 0.2) is 6.61 Å². The zero-order valence-corrected chi connectivity index (χ0v) is 17.9. The Kier molecular flexibility index (Phi) is 6.59. The molecule has 0 radical (unpaired) electrons. The summed E-state index contributed by atoms with van der Waals surface area (Å²) in [7, 11) is 3.06. The lowest BCUT2D eigenvalue weighted by molar-refractivity contribution is -0.135. The van der Waals surface area contributed by atoms with Crippen LogP contribution >= 0.6 is 0 Å². The van der Waals surface area contributed by atoms with Crippen LogP contribution in [0.5, 0.6) is 11.5 Å². The number of ether oxygens (including phenoxy) is 2. The number of methoxy groups -OCH3 is 1. The number of nitrogens with zero attached hydrogens (tertiary/aromatic N) is 1. The second kappa shape index (κ2) is 9.34. The van der Waals surface area contributed by atoms with Crippen molar-refractivity contribution >= 4 is 28.5 Å². The van der Waals surface area contributed by atoms with E-state index in [0.29, 0.717) is 28.3 Å². The van der Waals surface area contributed by atoms with Crippen LogP contribution in [-0.2, 0) is 9.59 Å². The van der Waals surface area contributed by atoms with Crippen molar-refractivity contribution < 1.29 is 23.5 Å². The number of nitrogens with one attached hydrogen (secondary N) is 1. The Morgan fingerprint density at radius 2 is 1.90 bits per heavy atom. The van der Waals surface area contributed by atoms with Crippen molar-refractivity contribution in [2.75, 3.05) is 32.6 Å². The maximum atomic E-state index is 12.4. The van der Waals surface area contributed by atoms with Gasteiger partial charge in [-0.2, -0.15) is 0 Å². The van der Waals surface area contributed by atoms with Gasteiger partial charge < -0.3 is 24.1 Å². The summed E-state index contributed by atoms with van der Waals surface area (Å²) in [5, 5.41) is 3.53. The van der Waals surface area contributed by atoms with Gasteiger partial charge in [-0.15, -0.1) is 0 Å². The highest BCUT2D eigenvalue weighted by Crippen LogP contribution is 2.28. The Labute approximate surface area is 179 Å². The van der Waals surface area contributed by atoms with Gasteiger partial charge in [0, 0.05) is 35.8 Å². The summed E-state index contributed by atoms with van der Waals surface area (Å²) in [6, 6.07) is 11.9. The molecular formula is C23H24N2O6. The Morgan fingerprint density at radius 1 is 1.13 bits per heavy atom. The topological polar surface area (TPSA) is 98.1 Å². The standard InChI is InChI=1S/C23H24N2O6/c1-14-10-22(28)31-23-15(2)19(9-8-18(14)23)30-13-21(27)25(3)12-20(26)24-16-6-5-7-17(11-16)29-4/h5-11H,12-13H2,1-4H3,(H,24,26). The summed E-state index contributed by atoms with van der Waals surface area (Å²) < 4.78 is 16.1. The second-order valence-corrected chi connectivity index (χ2v) is 7.13. The van der Waals surface area contributed by atoms with Crippen molar-refractivity contribution in [2.45, 2.75) is 13.8 Å². The molecule has 3 rings (SSSR count). The van der Waals surface area contributed by atoms with Gasteiger partial charge in [0.1, 0.15) is 17.1 Å². The molecule has 0 aliphatic carbocycles. The fourth-order valence-electron chi connectivity index (χ4n) is 3.11. The van der Waals surface area contributed by atoms with Crippen molar-refractivity contribution in [2.24, 2.45) is 0 Å². The van der Waals surface area contributed by atoms with Gasteiger partial charge in [-0.1, -0.05) is 6.07 Å². The fourth-order valence-corrected chi connectivity index (χ4v) is 3.11. The lowest BCUT2D eigenvalue weighted by atomic mass is 10.1. The minimum absolute atomic E-state index is 0.135. The molecule has 0 spiro atoms. The van der Waals surface area contributed by atoms with E-state index >= 15 is 0 Å². The summed E-state index contributed by atoms with van der Waals surface area (Å²) >= 11 is 0. The van der Waals surface area contributed by atoms with E-state index in [9.17, 15) is 14.4 Å². The number of fused-ring (bicyclic) bond motifs is 1. The molecule has 8 nitrogen and oxygen atoms in total. The van der Waals surface area contributed by atoms with Crippen LogP contribution in [0.15, 0.2) is 51.7 Å². The van der Waals surface area contributed by atoms with Crippen LogP contribution in [0.2, 0.25) is 0 Å².